The Balaban J connectivity index is 1.49. The zero-order chi connectivity index (χ0) is 21.4. The van der Waals surface area contributed by atoms with Gasteiger partial charge in [-0.2, -0.15) is 10.2 Å². The third-order valence-corrected chi connectivity index (χ3v) is 5.96. The van der Waals surface area contributed by atoms with Gasteiger partial charge in [0.15, 0.2) is 0 Å². The Morgan fingerprint density at radius 2 is 2.13 bits per heavy atom. The van der Waals surface area contributed by atoms with E-state index in [0.29, 0.717) is 34.8 Å². The highest BCUT2D eigenvalue weighted by molar-refractivity contribution is 6.24. The lowest BCUT2D eigenvalue weighted by atomic mass is 9.95. The molecule has 2 aromatic carbocycles. The van der Waals surface area contributed by atoms with E-state index in [9.17, 15) is 14.7 Å². The molecule has 0 spiro atoms. The predicted molar refractivity (Wildman–Crippen MR) is 113 cm³/mol. The maximum absolute atomic E-state index is 12.8. The number of hydrogen-bond donors (Lipinski definition) is 3. The van der Waals surface area contributed by atoms with Crippen LogP contribution in [0, 0.1) is 0 Å². The molecule has 9 nitrogen and oxygen atoms in total. The highest BCUT2D eigenvalue weighted by atomic mass is 16.7. The number of amides is 2. The van der Waals surface area contributed by atoms with Crippen molar-refractivity contribution in [2.75, 3.05) is 24.9 Å². The van der Waals surface area contributed by atoms with E-state index in [1.165, 1.54) is 5.06 Å². The van der Waals surface area contributed by atoms with Crippen LogP contribution in [0.2, 0.25) is 0 Å². The van der Waals surface area contributed by atoms with Crippen molar-refractivity contribution in [2.24, 2.45) is 0 Å². The number of carbonyl (C=O) groups excluding carboxylic acids is 2. The monoisotopic (exact) mass is 421 g/mol. The van der Waals surface area contributed by atoms with Crippen LogP contribution in [0.4, 0.5) is 5.69 Å². The number of aliphatic hydroxyl groups is 1. The van der Waals surface area contributed by atoms with Gasteiger partial charge >= 0.3 is 0 Å². The molecule has 2 aliphatic rings. The Labute approximate surface area is 178 Å². The minimum Gasteiger partial charge on any atom is -0.384 e. The van der Waals surface area contributed by atoms with Crippen molar-refractivity contribution in [3.63, 3.8) is 0 Å². The summed E-state index contributed by atoms with van der Waals surface area (Å²) in [5.74, 6) is -0.307. The second-order valence-electron chi connectivity index (χ2n) is 7.73. The Morgan fingerprint density at radius 3 is 2.94 bits per heavy atom. The lowest BCUT2D eigenvalue weighted by molar-refractivity contribution is -0.111. The Morgan fingerprint density at radius 1 is 1.29 bits per heavy atom. The van der Waals surface area contributed by atoms with Gasteiger partial charge in [-0.05, 0) is 49.0 Å². The van der Waals surface area contributed by atoms with E-state index in [0.717, 1.165) is 36.7 Å². The average Bonchev–Trinajstić information content (AvgIpc) is 3.40. The SMILES string of the molecule is O=CNCON1C(=O)c2cccc3c(C(O)c4cnn(C5CCNCC5)c4)ccc1c23. The van der Waals surface area contributed by atoms with Crippen LogP contribution in [-0.2, 0) is 9.63 Å². The van der Waals surface area contributed by atoms with E-state index in [4.69, 9.17) is 4.84 Å². The quantitative estimate of drug-likeness (QED) is 0.304. The molecular weight excluding hydrogens is 398 g/mol. The number of carbonyl (C=O) groups is 2. The molecule has 3 N–H and O–H groups in total. The van der Waals surface area contributed by atoms with Gasteiger partial charge in [-0.1, -0.05) is 18.2 Å². The smallest absolute Gasteiger partial charge is 0.282 e. The largest absolute Gasteiger partial charge is 0.384 e. The first-order chi connectivity index (χ1) is 15.2. The van der Waals surface area contributed by atoms with Gasteiger partial charge < -0.3 is 15.7 Å². The highest BCUT2D eigenvalue weighted by Gasteiger charge is 2.32. The topological polar surface area (TPSA) is 109 Å². The molecule has 0 radical (unpaired) electrons. The third-order valence-electron chi connectivity index (χ3n) is 5.96. The molecule has 1 saturated heterocycles. The summed E-state index contributed by atoms with van der Waals surface area (Å²) in [5, 5.41) is 24.1. The summed E-state index contributed by atoms with van der Waals surface area (Å²) in [6.07, 6.45) is 5.27. The van der Waals surface area contributed by atoms with Gasteiger partial charge in [0.05, 0.1) is 23.5 Å². The van der Waals surface area contributed by atoms with Crippen LogP contribution in [0.3, 0.4) is 0 Å². The van der Waals surface area contributed by atoms with Gasteiger partial charge in [0.1, 0.15) is 12.8 Å². The molecule has 0 bridgehead atoms. The molecule has 1 aromatic heterocycles. The number of nitrogens with one attached hydrogen (secondary N) is 2. The van der Waals surface area contributed by atoms with Crippen LogP contribution in [0.25, 0.3) is 10.8 Å². The molecule has 31 heavy (non-hydrogen) atoms. The van der Waals surface area contributed by atoms with Gasteiger partial charge in [-0.3, -0.25) is 14.3 Å². The minimum absolute atomic E-state index is 0.120. The number of aromatic nitrogens is 2. The summed E-state index contributed by atoms with van der Waals surface area (Å²) < 4.78 is 1.94. The zero-order valence-corrected chi connectivity index (χ0v) is 16.8. The first-order valence-electron chi connectivity index (χ1n) is 10.3. The Hall–Kier alpha value is -3.27. The van der Waals surface area contributed by atoms with Crippen molar-refractivity contribution in [1.29, 1.82) is 0 Å². The zero-order valence-electron chi connectivity index (χ0n) is 16.8. The normalized spacial score (nSPS) is 17.3. The molecule has 2 aliphatic heterocycles. The first kappa shape index (κ1) is 19.7. The number of piperidine rings is 1. The molecule has 2 amide bonds. The van der Waals surface area contributed by atoms with E-state index in [1.807, 2.05) is 16.9 Å². The maximum atomic E-state index is 12.8. The van der Waals surface area contributed by atoms with Gasteiger partial charge in [0, 0.05) is 17.1 Å². The van der Waals surface area contributed by atoms with Gasteiger partial charge in [0.25, 0.3) is 5.91 Å². The maximum Gasteiger partial charge on any atom is 0.282 e. The summed E-state index contributed by atoms with van der Waals surface area (Å²) in [5.41, 5.74) is 2.50. The molecule has 0 aliphatic carbocycles. The van der Waals surface area contributed by atoms with Crippen LogP contribution in [0.1, 0.15) is 46.5 Å². The standard InChI is InChI=1S/C22H23N5O4/c28-12-24-13-31-27-19-5-4-17(16-2-1-3-18(20(16)19)22(27)30)21(29)14-10-25-26(11-14)15-6-8-23-9-7-15/h1-5,10-12,15,21,23,29H,6-9,13H2,(H,24,28). The summed E-state index contributed by atoms with van der Waals surface area (Å²) in [6, 6.07) is 9.30. The van der Waals surface area contributed by atoms with Crippen LogP contribution in [0.15, 0.2) is 42.7 Å². The fourth-order valence-corrected chi connectivity index (χ4v) is 4.42. The van der Waals surface area contributed by atoms with Crippen molar-refractivity contribution in [1.82, 2.24) is 20.4 Å². The van der Waals surface area contributed by atoms with E-state index < -0.39 is 6.10 Å². The summed E-state index contributed by atoms with van der Waals surface area (Å²) in [6.45, 7) is 1.81. The summed E-state index contributed by atoms with van der Waals surface area (Å²) in [4.78, 5) is 28.7. The molecule has 3 aromatic rings. The lowest BCUT2D eigenvalue weighted by Crippen LogP contribution is -2.31. The molecular formula is C22H23N5O4. The summed E-state index contributed by atoms with van der Waals surface area (Å²) in [7, 11) is 0. The second kappa shape index (κ2) is 8.10. The van der Waals surface area contributed by atoms with E-state index >= 15 is 0 Å². The van der Waals surface area contributed by atoms with E-state index in [-0.39, 0.29) is 12.6 Å². The van der Waals surface area contributed by atoms with Crippen LogP contribution < -0.4 is 15.7 Å². The Kier molecular flexibility index (Phi) is 5.14. The fourth-order valence-electron chi connectivity index (χ4n) is 4.42. The minimum atomic E-state index is -0.874. The van der Waals surface area contributed by atoms with E-state index in [2.05, 4.69) is 15.7 Å². The van der Waals surface area contributed by atoms with Crippen molar-refractivity contribution in [3.8, 4) is 0 Å². The number of nitrogens with zero attached hydrogens (tertiary/aromatic N) is 3. The first-order valence-corrected chi connectivity index (χ1v) is 10.3. The Bertz CT molecular complexity index is 1140. The molecule has 9 heteroatoms. The predicted octanol–water partition coefficient (Wildman–Crippen LogP) is 1.64. The molecule has 1 unspecified atom stereocenters. The molecule has 3 heterocycles. The number of aliphatic hydroxyl groups excluding tert-OH is 1. The van der Waals surface area contributed by atoms with Crippen LogP contribution in [-0.4, -0.2) is 47.0 Å². The van der Waals surface area contributed by atoms with E-state index in [1.54, 1.807) is 30.5 Å². The molecule has 1 fully saturated rings. The van der Waals surface area contributed by atoms with Gasteiger partial charge in [0.2, 0.25) is 6.41 Å². The van der Waals surface area contributed by atoms with Crippen LogP contribution in [0.5, 0.6) is 0 Å². The fraction of sp³-hybridized carbons (Fsp3) is 0.318. The number of rotatable bonds is 7. The molecule has 5 rings (SSSR count). The number of anilines is 1. The molecule has 1 atom stereocenters. The van der Waals surface area contributed by atoms with Crippen LogP contribution >= 0.6 is 0 Å². The van der Waals surface area contributed by atoms with Crippen molar-refractivity contribution in [2.45, 2.75) is 25.0 Å². The number of hydroxylamine groups is 1. The summed E-state index contributed by atoms with van der Waals surface area (Å²) >= 11 is 0. The molecule has 160 valence electrons. The second-order valence-corrected chi connectivity index (χ2v) is 7.73. The highest BCUT2D eigenvalue weighted by Crippen LogP contribution is 2.41. The number of hydrogen-bond acceptors (Lipinski definition) is 6. The average molecular weight is 421 g/mol. The number of benzene rings is 2. The van der Waals surface area contributed by atoms with Gasteiger partial charge in [-0.25, -0.2) is 4.84 Å². The van der Waals surface area contributed by atoms with Gasteiger partial charge in [-0.15, -0.1) is 0 Å². The third kappa shape index (κ3) is 3.36. The van der Waals surface area contributed by atoms with Crippen molar-refractivity contribution >= 4 is 28.8 Å². The lowest BCUT2D eigenvalue weighted by Gasteiger charge is -2.22. The van der Waals surface area contributed by atoms with Crippen molar-refractivity contribution < 1.29 is 19.5 Å². The molecule has 0 saturated carbocycles. The van der Waals surface area contributed by atoms with Crippen molar-refractivity contribution in [3.05, 3.63) is 59.4 Å².